The number of rotatable bonds is 7. The monoisotopic (exact) mass is 353 g/mol. The van der Waals surface area contributed by atoms with Gasteiger partial charge in [-0.1, -0.05) is 43.2 Å². The molecular formula is C22H27NO3. The first kappa shape index (κ1) is 18.3. The number of carbonyl (C=O) groups is 1. The fraction of sp³-hybridized carbons (Fsp3) is 0.409. The van der Waals surface area contributed by atoms with E-state index in [9.17, 15) is 4.79 Å². The molecule has 138 valence electrons. The smallest absolute Gasteiger partial charge is 0.224 e. The quantitative estimate of drug-likeness (QED) is 0.822. The Balaban J connectivity index is 1.68. The summed E-state index contributed by atoms with van der Waals surface area (Å²) < 4.78 is 10.6. The molecule has 26 heavy (non-hydrogen) atoms. The molecule has 4 nitrogen and oxygen atoms in total. The van der Waals surface area contributed by atoms with Gasteiger partial charge in [0, 0.05) is 17.5 Å². The van der Waals surface area contributed by atoms with Gasteiger partial charge in [0.05, 0.1) is 20.6 Å². The molecule has 0 bridgehead atoms. The van der Waals surface area contributed by atoms with Crippen LogP contribution in [0.2, 0.25) is 0 Å². The molecule has 0 radical (unpaired) electrons. The van der Waals surface area contributed by atoms with E-state index in [0.717, 1.165) is 24.2 Å². The second kappa shape index (κ2) is 8.26. The van der Waals surface area contributed by atoms with Crippen LogP contribution in [0.1, 0.15) is 36.8 Å². The summed E-state index contributed by atoms with van der Waals surface area (Å²) in [7, 11) is 3.24. The summed E-state index contributed by atoms with van der Waals surface area (Å²) in [6, 6.07) is 16.1. The van der Waals surface area contributed by atoms with Crippen molar-refractivity contribution in [3.63, 3.8) is 0 Å². The van der Waals surface area contributed by atoms with Gasteiger partial charge in [0.1, 0.15) is 11.5 Å². The Morgan fingerprint density at radius 1 is 1.04 bits per heavy atom. The molecule has 1 amide bonds. The van der Waals surface area contributed by atoms with Gasteiger partial charge in [-0.05, 0) is 36.6 Å². The standard InChI is InChI=1S/C22H27NO3/c1-25-19-10-11-20(26-2)17(14-19)15-21(24)23-16-22(12-6-7-13-22)18-8-4-3-5-9-18/h3-5,8-11,14H,6-7,12-13,15-16H2,1-2H3,(H,23,24). The minimum Gasteiger partial charge on any atom is -0.497 e. The lowest BCUT2D eigenvalue weighted by atomic mass is 9.79. The molecule has 1 N–H and O–H groups in total. The van der Waals surface area contributed by atoms with E-state index < -0.39 is 0 Å². The van der Waals surface area contributed by atoms with Crippen molar-refractivity contribution in [3.8, 4) is 11.5 Å². The Morgan fingerprint density at radius 3 is 2.42 bits per heavy atom. The summed E-state index contributed by atoms with van der Waals surface area (Å²) in [6.07, 6.45) is 4.97. The van der Waals surface area contributed by atoms with E-state index in [2.05, 4.69) is 29.6 Å². The number of hydrogen-bond donors (Lipinski definition) is 1. The topological polar surface area (TPSA) is 47.6 Å². The predicted octanol–water partition coefficient (Wildman–Crippen LogP) is 3.87. The summed E-state index contributed by atoms with van der Waals surface area (Å²) in [5.74, 6) is 1.45. The van der Waals surface area contributed by atoms with E-state index >= 15 is 0 Å². The molecule has 1 aliphatic carbocycles. The Labute approximate surface area is 155 Å². The van der Waals surface area contributed by atoms with E-state index in [-0.39, 0.29) is 17.7 Å². The summed E-state index contributed by atoms with van der Waals surface area (Å²) in [5.41, 5.74) is 2.23. The van der Waals surface area contributed by atoms with Gasteiger partial charge in [-0.15, -0.1) is 0 Å². The van der Waals surface area contributed by atoms with Crippen molar-refractivity contribution < 1.29 is 14.3 Å². The average Bonchev–Trinajstić information content (AvgIpc) is 3.17. The van der Waals surface area contributed by atoms with E-state index in [1.807, 2.05) is 24.3 Å². The minimum atomic E-state index is 0.0127. The van der Waals surface area contributed by atoms with Gasteiger partial charge >= 0.3 is 0 Å². The average molecular weight is 353 g/mol. The van der Waals surface area contributed by atoms with Gasteiger partial charge in [-0.25, -0.2) is 0 Å². The van der Waals surface area contributed by atoms with Crippen LogP contribution in [0, 0.1) is 0 Å². The number of methoxy groups -OCH3 is 2. The van der Waals surface area contributed by atoms with Gasteiger partial charge in [0.2, 0.25) is 5.91 Å². The fourth-order valence-electron chi connectivity index (χ4n) is 3.93. The number of carbonyl (C=O) groups excluding carboxylic acids is 1. The molecule has 0 aliphatic heterocycles. The highest BCUT2D eigenvalue weighted by Crippen LogP contribution is 2.40. The zero-order chi connectivity index (χ0) is 18.4. The van der Waals surface area contributed by atoms with Crippen molar-refractivity contribution in [3.05, 3.63) is 59.7 Å². The lowest BCUT2D eigenvalue weighted by Crippen LogP contribution is -2.39. The zero-order valence-corrected chi connectivity index (χ0v) is 15.6. The predicted molar refractivity (Wildman–Crippen MR) is 103 cm³/mol. The van der Waals surface area contributed by atoms with E-state index in [1.165, 1.54) is 18.4 Å². The van der Waals surface area contributed by atoms with Crippen LogP contribution < -0.4 is 14.8 Å². The second-order valence-electron chi connectivity index (χ2n) is 6.98. The molecule has 3 rings (SSSR count). The zero-order valence-electron chi connectivity index (χ0n) is 15.6. The van der Waals surface area contributed by atoms with Gasteiger partial charge < -0.3 is 14.8 Å². The van der Waals surface area contributed by atoms with E-state index in [0.29, 0.717) is 12.3 Å². The number of benzene rings is 2. The van der Waals surface area contributed by atoms with Gasteiger partial charge in [0.15, 0.2) is 0 Å². The first-order valence-electron chi connectivity index (χ1n) is 9.20. The van der Waals surface area contributed by atoms with E-state index in [1.54, 1.807) is 14.2 Å². The third-order valence-electron chi connectivity index (χ3n) is 5.41. The first-order chi connectivity index (χ1) is 12.7. The van der Waals surface area contributed by atoms with Gasteiger partial charge in [0.25, 0.3) is 0 Å². The van der Waals surface area contributed by atoms with Crippen LogP contribution in [-0.4, -0.2) is 26.7 Å². The third-order valence-corrected chi connectivity index (χ3v) is 5.41. The number of amides is 1. The molecule has 2 aromatic rings. The highest BCUT2D eigenvalue weighted by atomic mass is 16.5. The van der Waals surface area contributed by atoms with Gasteiger partial charge in [-0.2, -0.15) is 0 Å². The number of nitrogens with one attached hydrogen (secondary N) is 1. The normalized spacial score (nSPS) is 15.5. The van der Waals surface area contributed by atoms with Gasteiger partial charge in [-0.3, -0.25) is 4.79 Å². The van der Waals surface area contributed by atoms with E-state index in [4.69, 9.17) is 9.47 Å². The van der Waals surface area contributed by atoms with Crippen molar-refractivity contribution in [2.75, 3.05) is 20.8 Å². The van der Waals surface area contributed by atoms with Crippen LogP contribution in [-0.2, 0) is 16.6 Å². The highest BCUT2D eigenvalue weighted by molar-refractivity contribution is 5.79. The van der Waals surface area contributed by atoms with Crippen molar-refractivity contribution in [1.82, 2.24) is 5.32 Å². The van der Waals surface area contributed by atoms with Crippen LogP contribution in [0.4, 0.5) is 0 Å². The maximum atomic E-state index is 12.6. The summed E-state index contributed by atoms with van der Waals surface area (Å²) in [5, 5.41) is 3.17. The third kappa shape index (κ3) is 4.01. The Hall–Kier alpha value is -2.49. The van der Waals surface area contributed by atoms with Crippen LogP contribution in [0.5, 0.6) is 11.5 Å². The maximum Gasteiger partial charge on any atom is 0.224 e. The summed E-state index contributed by atoms with van der Waals surface area (Å²) >= 11 is 0. The first-order valence-corrected chi connectivity index (χ1v) is 9.20. The van der Waals surface area contributed by atoms with Crippen LogP contribution in [0.25, 0.3) is 0 Å². The molecule has 2 aromatic carbocycles. The molecular weight excluding hydrogens is 326 g/mol. The minimum absolute atomic E-state index is 0.0127. The molecule has 1 fully saturated rings. The molecule has 1 saturated carbocycles. The van der Waals surface area contributed by atoms with Crippen LogP contribution >= 0.6 is 0 Å². The molecule has 0 atom stereocenters. The largest absolute Gasteiger partial charge is 0.497 e. The highest BCUT2D eigenvalue weighted by Gasteiger charge is 2.35. The van der Waals surface area contributed by atoms with Crippen molar-refractivity contribution >= 4 is 5.91 Å². The van der Waals surface area contributed by atoms with Crippen LogP contribution in [0.15, 0.2) is 48.5 Å². The summed E-state index contributed by atoms with van der Waals surface area (Å²) in [4.78, 5) is 12.6. The van der Waals surface area contributed by atoms with Crippen molar-refractivity contribution in [1.29, 1.82) is 0 Å². The Morgan fingerprint density at radius 2 is 1.77 bits per heavy atom. The van der Waals surface area contributed by atoms with Crippen molar-refractivity contribution in [2.24, 2.45) is 0 Å². The van der Waals surface area contributed by atoms with Crippen LogP contribution in [0.3, 0.4) is 0 Å². The number of ether oxygens (including phenoxy) is 2. The molecule has 0 saturated heterocycles. The fourth-order valence-corrected chi connectivity index (χ4v) is 3.93. The Bertz CT molecular complexity index is 736. The maximum absolute atomic E-state index is 12.6. The second-order valence-corrected chi connectivity index (χ2v) is 6.98. The molecule has 0 unspecified atom stereocenters. The SMILES string of the molecule is COc1ccc(OC)c(CC(=O)NCC2(c3ccccc3)CCCC2)c1. The number of hydrogen-bond acceptors (Lipinski definition) is 3. The molecule has 0 aromatic heterocycles. The molecule has 0 heterocycles. The lowest BCUT2D eigenvalue weighted by Gasteiger charge is -2.30. The lowest BCUT2D eigenvalue weighted by molar-refractivity contribution is -0.120. The van der Waals surface area contributed by atoms with Crippen molar-refractivity contribution in [2.45, 2.75) is 37.5 Å². The molecule has 4 heteroatoms. The Kier molecular flexibility index (Phi) is 5.82. The molecule has 1 aliphatic rings. The molecule has 0 spiro atoms. The summed E-state index contributed by atoms with van der Waals surface area (Å²) in [6.45, 7) is 0.683.